The topological polar surface area (TPSA) is 100 Å². The number of nitrogens with one attached hydrogen (secondary N) is 2. The highest BCUT2D eigenvalue weighted by Crippen LogP contribution is 2.20. The molecule has 2 N–H and O–H groups in total. The van der Waals surface area contributed by atoms with Crippen LogP contribution in [0.2, 0.25) is 5.02 Å². The Morgan fingerprint density at radius 1 is 1.06 bits per heavy atom. The molecule has 3 amide bonds. The highest BCUT2D eigenvalue weighted by Gasteiger charge is 2.22. The first-order valence-corrected chi connectivity index (χ1v) is 10.2. The Labute approximate surface area is 185 Å². The summed E-state index contributed by atoms with van der Waals surface area (Å²) < 4.78 is 5.35. The molecule has 0 unspecified atom stereocenters. The zero-order chi connectivity index (χ0) is 22.2. The van der Waals surface area contributed by atoms with Crippen molar-refractivity contribution < 1.29 is 19.1 Å². The van der Waals surface area contributed by atoms with Crippen LogP contribution in [0.15, 0.2) is 53.6 Å². The second-order valence-electron chi connectivity index (χ2n) is 6.98. The van der Waals surface area contributed by atoms with Crippen LogP contribution < -0.4 is 15.6 Å². The van der Waals surface area contributed by atoms with Crippen molar-refractivity contribution in [1.29, 1.82) is 0 Å². The van der Waals surface area contributed by atoms with E-state index >= 15 is 0 Å². The lowest BCUT2D eigenvalue weighted by Gasteiger charge is -2.12. The van der Waals surface area contributed by atoms with Gasteiger partial charge in [0.1, 0.15) is 5.75 Å². The molecule has 8 nitrogen and oxygen atoms in total. The second-order valence-corrected chi connectivity index (χ2v) is 7.38. The monoisotopic (exact) mass is 442 g/mol. The standard InChI is InChI=1S/C22H23ClN4O4/c1-15-13-17(7-8-18(15)23)31-14-21(29)25-24-20(28)9-10-22(30)27-12-11-19(26-27)16-5-3-2-4-6-16/h2-8,13H,9-12,14H2,1H3,(H,24,28)(H,25,29). The minimum atomic E-state index is -0.524. The van der Waals surface area contributed by atoms with Crippen LogP contribution in [0.25, 0.3) is 0 Å². The van der Waals surface area contributed by atoms with Crippen molar-refractivity contribution in [1.82, 2.24) is 15.9 Å². The Kier molecular flexibility index (Phi) is 7.61. The first kappa shape index (κ1) is 22.3. The number of hydrogen-bond donors (Lipinski definition) is 2. The molecule has 0 radical (unpaired) electrons. The average Bonchev–Trinajstić information content (AvgIpc) is 3.28. The number of carbonyl (C=O) groups excluding carboxylic acids is 3. The van der Waals surface area contributed by atoms with E-state index in [2.05, 4.69) is 16.0 Å². The summed E-state index contributed by atoms with van der Waals surface area (Å²) in [6, 6.07) is 14.7. The van der Waals surface area contributed by atoms with Gasteiger partial charge in [0.05, 0.1) is 12.3 Å². The maximum atomic E-state index is 12.3. The minimum absolute atomic E-state index is 0.00613. The van der Waals surface area contributed by atoms with E-state index in [4.69, 9.17) is 16.3 Å². The Bertz CT molecular complexity index is 994. The summed E-state index contributed by atoms with van der Waals surface area (Å²) in [5.74, 6) is -0.747. The largest absolute Gasteiger partial charge is 0.484 e. The zero-order valence-electron chi connectivity index (χ0n) is 17.1. The molecule has 0 atom stereocenters. The molecule has 1 aliphatic rings. The maximum absolute atomic E-state index is 12.3. The number of nitrogens with zero attached hydrogens (tertiary/aromatic N) is 2. The van der Waals surface area contributed by atoms with Gasteiger partial charge in [-0.3, -0.25) is 25.2 Å². The van der Waals surface area contributed by atoms with Crippen molar-refractivity contribution in [3.05, 3.63) is 64.7 Å². The van der Waals surface area contributed by atoms with Crippen LogP contribution in [-0.4, -0.2) is 41.6 Å². The Morgan fingerprint density at radius 2 is 1.81 bits per heavy atom. The van der Waals surface area contributed by atoms with Crippen molar-refractivity contribution in [2.75, 3.05) is 13.2 Å². The second kappa shape index (κ2) is 10.6. The lowest BCUT2D eigenvalue weighted by Crippen LogP contribution is -2.44. The molecule has 9 heteroatoms. The fraction of sp³-hybridized carbons (Fsp3) is 0.273. The van der Waals surface area contributed by atoms with E-state index in [0.29, 0.717) is 23.7 Å². The number of carbonyl (C=O) groups is 3. The molecule has 0 fully saturated rings. The summed E-state index contributed by atoms with van der Waals surface area (Å²) in [6.07, 6.45) is 0.599. The third kappa shape index (κ3) is 6.55. The van der Waals surface area contributed by atoms with Crippen molar-refractivity contribution in [2.24, 2.45) is 5.10 Å². The van der Waals surface area contributed by atoms with Gasteiger partial charge in [0.2, 0.25) is 11.8 Å². The number of hydrazine groups is 1. The summed E-state index contributed by atoms with van der Waals surface area (Å²) in [5, 5.41) is 6.34. The molecule has 2 aromatic carbocycles. The summed E-state index contributed by atoms with van der Waals surface area (Å²) in [4.78, 5) is 36.0. The fourth-order valence-electron chi connectivity index (χ4n) is 2.91. The van der Waals surface area contributed by atoms with E-state index in [1.165, 1.54) is 5.01 Å². The number of amides is 3. The van der Waals surface area contributed by atoms with E-state index in [0.717, 1.165) is 16.8 Å². The predicted molar refractivity (Wildman–Crippen MR) is 117 cm³/mol. The van der Waals surface area contributed by atoms with Gasteiger partial charge >= 0.3 is 0 Å². The van der Waals surface area contributed by atoms with E-state index in [9.17, 15) is 14.4 Å². The molecule has 0 saturated carbocycles. The Hall–Kier alpha value is -3.39. The quantitative estimate of drug-likeness (QED) is 0.643. The molecular weight excluding hydrogens is 420 g/mol. The lowest BCUT2D eigenvalue weighted by molar-refractivity contribution is -0.134. The van der Waals surface area contributed by atoms with Crippen LogP contribution in [-0.2, 0) is 14.4 Å². The number of benzene rings is 2. The highest BCUT2D eigenvalue weighted by atomic mass is 35.5. The number of hydrazone groups is 1. The minimum Gasteiger partial charge on any atom is -0.484 e. The van der Waals surface area contributed by atoms with Crippen molar-refractivity contribution in [3.63, 3.8) is 0 Å². The first-order chi connectivity index (χ1) is 14.9. The smallest absolute Gasteiger partial charge is 0.276 e. The summed E-state index contributed by atoms with van der Waals surface area (Å²) >= 11 is 5.94. The molecule has 2 aromatic rings. The van der Waals surface area contributed by atoms with Gasteiger partial charge in [-0.15, -0.1) is 0 Å². The summed E-state index contributed by atoms with van der Waals surface area (Å²) in [7, 11) is 0. The van der Waals surface area contributed by atoms with Gasteiger partial charge in [-0.25, -0.2) is 5.01 Å². The van der Waals surface area contributed by atoms with E-state index in [1.807, 2.05) is 37.3 Å². The first-order valence-electron chi connectivity index (χ1n) is 9.82. The van der Waals surface area contributed by atoms with Crippen LogP contribution in [0.3, 0.4) is 0 Å². The third-order valence-corrected chi connectivity index (χ3v) is 5.03. The van der Waals surface area contributed by atoms with Gasteiger partial charge in [-0.2, -0.15) is 5.10 Å². The molecule has 0 saturated heterocycles. The normalized spacial score (nSPS) is 12.8. The molecule has 1 heterocycles. The third-order valence-electron chi connectivity index (χ3n) is 4.60. The van der Waals surface area contributed by atoms with Gasteiger partial charge < -0.3 is 4.74 Å². The Balaban J connectivity index is 1.36. The molecule has 3 rings (SSSR count). The molecule has 0 aromatic heterocycles. The number of ether oxygens (including phenoxy) is 1. The molecule has 1 aliphatic heterocycles. The summed E-state index contributed by atoms with van der Waals surface area (Å²) in [6.45, 7) is 2.04. The van der Waals surface area contributed by atoms with Crippen LogP contribution in [0.5, 0.6) is 5.75 Å². The average molecular weight is 443 g/mol. The van der Waals surface area contributed by atoms with Crippen molar-refractivity contribution in [3.8, 4) is 5.75 Å². The molecule has 0 spiro atoms. The van der Waals surface area contributed by atoms with E-state index in [1.54, 1.807) is 18.2 Å². The number of hydrogen-bond acceptors (Lipinski definition) is 5. The van der Waals surface area contributed by atoms with Crippen molar-refractivity contribution >= 4 is 35.0 Å². The lowest BCUT2D eigenvalue weighted by atomic mass is 10.1. The number of halogens is 1. The van der Waals surface area contributed by atoms with Gasteiger partial charge in [0, 0.05) is 24.3 Å². The molecular formula is C22H23ClN4O4. The molecule has 31 heavy (non-hydrogen) atoms. The van der Waals surface area contributed by atoms with Gasteiger partial charge in [-0.05, 0) is 36.2 Å². The zero-order valence-corrected chi connectivity index (χ0v) is 17.8. The number of aryl methyl sites for hydroxylation is 1. The van der Waals surface area contributed by atoms with Crippen LogP contribution in [0, 0.1) is 6.92 Å². The van der Waals surface area contributed by atoms with Crippen LogP contribution in [0.1, 0.15) is 30.4 Å². The number of rotatable bonds is 7. The van der Waals surface area contributed by atoms with Gasteiger partial charge in [0.15, 0.2) is 6.61 Å². The SMILES string of the molecule is Cc1cc(OCC(=O)NNC(=O)CCC(=O)N2CCC(c3ccccc3)=N2)ccc1Cl. The van der Waals surface area contributed by atoms with Crippen LogP contribution in [0.4, 0.5) is 0 Å². The molecule has 0 aliphatic carbocycles. The van der Waals surface area contributed by atoms with Crippen molar-refractivity contribution in [2.45, 2.75) is 26.2 Å². The predicted octanol–water partition coefficient (Wildman–Crippen LogP) is 2.59. The fourth-order valence-corrected chi connectivity index (χ4v) is 3.03. The molecule has 162 valence electrons. The van der Waals surface area contributed by atoms with Crippen LogP contribution >= 0.6 is 11.6 Å². The van der Waals surface area contributed by atoms with Gasteiger partial charge in [-0.1, -0.05) is 41.9 Å². The highest BCUT2D eigenvalue weighted by molar-refractivity contribution is 6.31. The Morgan fingerprint density at radius 3 is 2.55 bits per heavy atom. The summed E-state index contributed by atoms with van der Waals surface area (Å²) in [5.41, 5.74) is 7.19. The van der Waals surface area contributed by atoms with Gasteiger partial charge in [0.25, 0.3) is 5.91 Å². The van der Waals surface area contributed by atoms with E-state index < -0.39 is 11.8 Å². The maximum Gasteiger partial charge on any atom is 0.276 e. The molecule has 0 bridgehead atoms. The van der Waals surface area contributed by atoms with E-state index in [-0.39, 0.29) is 25.4 Å².